The number of nitrogens with zero attached hydrogens (tertiary/aromatic N) is 2. The summed E-state index contributed by atoms with van der Waals surface area (Å²) >= 11 is 5.80. The Morgan fingerprint density at radius 2 is 2.31 bits per heavy atom. The van der Waals surface area contributed by atoms with E-state index in [9.17, 15) is 8.42 Å². The summed E-state index contributed by atoms with van der Waals surface area (Å²) in [6, 6.07) is 0. The summed E-state index contributed by atoms with van der Waals surface area (Å²) in [4.78, 5) is 7.67. The molecule has 1 saturated heterocycles. The van der Waals surface area contributed by atoms with Gasteiger partial charge in [-0.15, -0.1) is 0 Å². The lowest BCUT2D eigenvalue weighted by molar-refractivity contribution is 0.573. The van der Waals surface area contributed by atoms with Crippen molar-refractivity contribution in [2.45, 2.75) is 23.8 Å². The van der Waals surface area contributed by atoms with Crippen LogP contribution >= 0.6 is 11.6 Å². The summed E-state index contributed by atoms with van der Waals surface area (Å²) in [5.41, 5.74) is 0.671. The maximum absolute atomic E-state index is 12.1. The second kappa shape index (κ2) is 4.27. The van der Waals surface area contributed by atoms with Gasteiger partial charge in [0, 0.05) is 18.3 Å². The quantitative estimate of drug-likeness (QED) is 0.623. The second-order valence-electron chi connectivity index (χ2n) is 3.79. The average molecular weight is 262 g/mol. The number of halogens is 1. The van der Waals surface area contributed by atoms with E-state index in [4.69, 9.17) is 11.6 Å². The van der Waals surface area contributed by atoms with Gasteiger partial charge in [-0.1, -0.05) is 11.6 Å². The van der Waals surface area contributed by atoms with Crippen molar-refractivity contribution in [3.63, 3.8) is 0 Å². The first-order valence-corrected chi connectivity index (χ1v) is 6.88. The SMILES string of the molecule is Cc1cnc(S(=O)(=O)[C@H]2CCNC2)nc1Cl. The molecule has 88 valence electrons. The van der Waals surface area contributed by atoms with Gasteiger partial charge in [0.25, 0.3) is 0 Å². The van der Waals surface area contributed by atoms with E-state index in [1.165, 1.54) is 6.20 Å². The van der Waals surface area contributed by atoms with Crippen molar-refractivity contribution in [2.75, 3.05) is 13.1 Å². The summed E-state index contributed by atoms with van der Waals surface area (Å²) < 4.78 is 24.1. The molecule has 2 heterocycles. The molecule has 1 aromatic heterocycles. The van der Waals surface area contributed by atoms with Crippen LogP contribution in [-0.4, -0.2) is 36.7 Å². The maximum Gasteiger partial charge on any atom is 0.248 e. The van der Waals surface area contributed by atoms with Crippen LogP contribution in [0.25, 0.3) is 0 Å². The van der Waals surface area contributed by atoms with Gasteiger partial charge in [0.15, 0.2) is 0 Å². The van der Waals surface area contributed by atoms with Gasteiger partial charge in [-0.25, -0.2) is 18.4 Å². The van der Waals surface area contributed by atoms with Crippen molar-refractivity contribution < 1.29 is 8.42 Å². The third kappa shape index (κ3) is 2.05. The van der Waals surface area contributed by atoms with E-state index in [1.807, 2.05) is 0 Å². The monoisotopic (exact) mass is 261 g/mol. The third-order valence-electron chi connectivity index (χ3n) is 2.60. The predicted molar refractivity (Wildman–Crippen MR) is 60.2 cm³/mol. The lowest BCUT2D eigenvalue weighted by atomic mass is 10.4. The van der Waals surface area contributed by atoms with Gasteiger partial charge in [-0.05, 0) is 19.9 Å². The van der Waals surface area contributed by atoms with Gasteiger partial charge in [-0.2, -0.15) is 0 Å². The topological polar surface area (TPSA) is 72.0 Å². The number of sulfone groups is 1. The van der Waals surface area contributed by atoms with E-state index in [2.05, 4.69) is 15.3 Å². The van der Waals surface area contributed by atoms with Crippen LogP contribution in [0.5, 0.6) is 0 Å². The van der Waals surface area contributed by atoms with Crippen LogP contribution in [0.1, 0.15) is 12.0 Å². The molecule has 1 fully saturated rings. The van der Waals surface area contributed by atoms with Crippen LogP contribution in [0.3, 0.4) is 0 Å². The zero-order valence-electron chi connectivity index (χ0n) is 8.77. The van der Waals surface area contributed by atoms with E-state index in [0.29, 0.717) is 25.1 Å². The number of rotatable bonds is 2. The molecule has 0 aliphatic carbocycles. The third-order valence-corrected chi connectivity index (χ3v) is 4.96. The molecule has 2 rings (SSSR count). The fourth-order valence-corrected chi connectivity index (χ4v) is 3.25. The van der Waals surface area contributed by atoms with Crippen LogP contribution in [0, 0.1) is 6.92 Å². The molecule has 1 N–H and O–H groups in total. The lowest BCUT2D eigenvalue weighted by Gasteiger charge is -2.09. The summed E-state index contributed by atoms with van der Waals surface area (Å²) in [6.45, 7) is 2.90. The highest BCUT2D eigenvalue weighted by Crippen LogP contribution is 2.19. The Bertz CT molecular complexity index is 497. The summed E-state index contributed by atoms with van der Waals surface area (Å²) in [5, 5.41) is 2.59. The number of hydrogen-bond acceptors (Lipinski definition) is 5. The number of hydrogen-bond donors (Lipinski definition) is 1. The van der Waals surface area contributed by atoms with Crippen LogP contribution < -0.4 is 5.32 Å². The molecule has 1 aliphatic heterocycles. The van der Waals surface area contributed by atoms with Crippen molar-refractivity contribution in [3.05, 3.63) is 16.9 Å². The Hall–Kier alpha value is -0.720. The molecule has 0 unspecified atom stereocenters. The van der Waals surface area contributed by atoms with Crippen molar-refractivity contribution in [3.8, 4) is 0 Å². The Morgan fingerprint density at radius 1 is 1.56 bits per heavy atom. The molecule has 0 aromatic carbocycles. The minimum atomic E-state index is -3.45. The fourth-order valence-electron chi connectivity index (χ4n) is 1.59. The highest BCUT2D eigenvalue weighted by molar-refractivity contribution is 7.91. The highest BCUT2D eigenvalue weighted by atomic mass is 35.5. The number of aromatic nitrogens is 2. The Kier molecular flexibility index (Phi) is 3.14. The molecule has 16 heavy (non-hydrogen) atoms. The van der Waals surface area contributed by atoms with Crippen LogP contribution in [0.2, 0.25) is 5.15 Å². The van der Waals surface area contributed by atoms with Gasteiger partial charge in [-0.3, -0.25) is 0 Å². The fraction of sp³-hybridized carbons (Fsp3) is 0.556. The molecule has 1 aromatic rings. The number of nitrogens with one attached hydrogen (secondary N) is 1. The molecule has 7 heteroatoms. The first-order chi connectivity index (χ1) is 7.51. The minimum Gasteiger partial charge on any atom is -0.315 e. The second-order valence-corrected chi connectivity index (χ2v) is 6.27. The molecular weight excluding hydrogens is 250 g/mol. The lowest BCUT2D eigenvalue weighted by Crippen LogP contribution is -2.25. The smallest absolute Gasteiger partial charge is 0.248 e. The van der Waals surface area contributed by atoms with Crippen LogP contribution in [0.4, 0.5) is 0 Å². The molecule has 0 amide bonds. The van der Waals surface area contributed by atoms with E-state index < -0.39 is 15.1 Å². The Balaban J connectivity index is 2.39. The largest absolute Gasteiger partial charge is 0.315 e. The molecule has 1 atom stereocenters. The van der Waals surface area contributed by atoms with Gasteiger partial charge in [0.05, 0.1) is 5.25 Å². The molecular formula is C9H12ClN3O2S. The molecule has 0 spiro atoms. The maximum atomic E-state index is 12.1. The normalized spacial score (nSPS) is 21.2. The number of aryl methyl sites for hydroxylation is 1. The molecule has 1 aliphatic rings. The van der Waals surface area contributed by atoms with Crippen molar-refractivity contribution in [1.82, 2.24) is 15.3 Å². The molecule has 0 saturated carbocycles. The van der Waals surface area contributed by atoms with E-state index >= 15 is 0 Å². The van der Waals surface area contributed by atoms with Crippen LogP contribution in [-0.2, 0) is 9.84 Å². The van der Waals surface area contributed by atoms with E-state index in [0.717, 1.165) is 0 Å². The predicted octanol–water partition coefficient (Wildman–Crippen LogP) is 0.574. The zero-order valence-corrected chi connectivity index (χ0v) is 10.3. The minimum absolute atomic E-state index is 0.170. The summed E-state index contributed by atoms with van der Waals surface area (Å²) in [5.74, 6) is 0. The van der Waals surface area contributed by atoms with Gasteiger partial charge < -0.3 is 5.32 Å². The standard InChI is InChI=1S/C9H12ClN3O2S/c1-6-4-12-9(13-8(6)10)16(14,15)7-2-3-11-5-7/h4,7,11H,2-3,5H2,1H3/t7-/m0/s1. The Morgan fingerprint density at radius 3 is 2.88 bits per heavy atom. The van der Waals surface area contributed by atoms with Crippen LogP contribution in [0.15, 0.2) is 11.4 Å². The molecule has 0 radical (unpaired) electrons. The van der Waals surface area contributed by atoms with E-state index in [1.54, 1.807) is 6.92 Å². The van der Waals surface area contributed by atoms with Gasteiger partial charge in [0.1, 0.15) is 5.15 Å². The first kappa shape index (κ1) is 11.8. The highest BCUT2D eigenvalue weighted by Gasteiger charge is 2.32. The Labute approximate surface area is 99.2 Å². The van der Waals surface area contributed by atoms with Crippen molar-refractivity contribution >= 4 is 21.4 Å². The molecule has 0 bridgehead atoms. The van der Waals surface area contributed by atoms with Gasteiger partial charge >= 0.3 is 0 Å². The molecule has 5 nitrogen and oxygen atoms in total. The summed E-state index contributed by atoms with van der Waals surface area (Å²) in [7, 11) is -3.45. The first-order valence-electron chi connectivity index (χ1n) is 4.95. The zero-order chi connectivity index (χ0) is 11.8. The van der Waals surface area contributed by atoms with Gasteiger partial charge in [0.2, 0.25) is 15.0 Å². The van der Waals surface area contributed by atoms with E-state index in [-0.39, 0.29) is 10.3 Å². The van der Waals surface area contributed by atoms with Crippen molar-refractivity contribution in [2.24, 2.45) is 0 Å². The average Bonchev–Trinajstić information content (AvgIpc) is 2.75. The van der Waals surface area contributed by atoms with Crippen molar-refractivity contribution in [1.29, 1.82) is 0 Å². The summed E-state index contributed by atoms with van der Waals surface area (Å²) in [6.07, 6.45) is 2.03.